The molecule has 0 N–H and O–H groups in total. The molecule has 1 aliphatic rings. The van der Waals surface area contributed by atoms with Crippen molar-refractivity contribution in [3.05, 3.63) is 18.5 Å². The Bertz CT molecular complexity index is 575. The number of carbonyl (C=O) groups is 1. The van der Waals surface area contributed by atoms with Gasteiger partial charge in [-0.1, -0.05) is 0 Å². The third-order valence-corrected chi connectivity index (χ3v) is 4.63. The lowest BCUT2D eigenvalue weighted by molar-refractivity contribution is -0.117. The van der Waals surface area contributed by atoms with Gasteiger partial charge in [-0.25, -0.2) is 8.42 Å². The van der Waals surface area contributed by atoms with Crippen LogP contribution >= 0.6 is 10.7 Å². The Morgan fingerprint density at radius 2 is 2.28 bits per heavy atom. The van der Waals surface area contributed by atoms with E-state index in [0.717, 1.165) is 0 Å². The molecule has 1 unspecified atom stereocenters. The van der Waals surface area contributed by atoms with Crippen LogP contribution in [-0.2, 0) is 13.8 Å². The van der Waals surface area contributed by atoms with Gasteiger partial charge in [-0.3, -0.25) is 9.78 Å². The molecule has 0 aromatic carbocycles. The molecule has 1 atom stereocenters. The summed E-state index contributed by atoms with van der Waals surface area (Å²) in [5.74, 6) is 0.154. The van der Waals surface area contributed by atoms with Gasteiger partial charge in [0.05, 0.1) is 13.3 Å². The van der Waals surface area contributed by atoms with Gasteiger partial charge in [-0.15, -0.1) is 0 Å². The van der Waals surface area contributed by atoms with Gasteiger partial charge in [0.25, 0.3) is 0 Å². The Hall–Kier alpha value is -1.34. The molecule has 0 aliphatic carbocycles. The highest BCUT2D eigenvalue weighted by Gasteiger charge is 2.38. The van der Waals surface area contributed by atoms with Gasteiger partial charge in [0.1, 0.15) is 16.7 Å². The van der Waals surface area contributed by atoms with E-state index < -0.39 is 14.3 Å². The van der Waals surface area contributed by atoms with Crippen molar-refractivity contribution in [2.24, 2.45) is 0 Å². The van der Waals surface area contributed by atoms with Crippen molar-refractivity contribution in [2.45, 2.75) is 11.7 Å². The monoisotopic (exact) mass is 290 g/mol. The fourth-order valence-electron chi connectivity index (χ4n) is 1.84. The highest BCUT2D eigenvalue weighted by atomic mass is 35.7. The van der Waals surface area contributed by atoms with Crippen molar-refractivity contribution >= 4 is 31.3 Å². The molecule has 98 valence electrons. The number of halogens is 1. The fraction of sp³-hybridized carbons (Fsp3) is 0.400. The molecule has 1 amide bonds. The number of carbonyl (C=O) groups excluding carboxylic acids is 1. The molecule has 1 saturated heterocycles. The van der Waals surface area contributed by atoms with E-state index in [9.17, 15) is 13.2 Å². The van der Waals surface area contributed by atoms with Crippen molar-refractivity contribution in [1.82, 2.24) is 4.98 Å². The number of anilines is 1. The minimum atomic E-state index is -3.75. The molecule has 1 aromatic heterocycles. The second-order valence-electron chi connectivity index (χ2n) is 3.85. The van der Waals surface area contributed by atoms with Gasteiger partial charge >= 0.3 is 0 Å². The molecule has 0 saturated carbocycles. The molecule has 0 spiro atoms. The maximum atomic E-state index is 11.8. The number of amides is 1. The van der Waals surface area contributed by atoms with Crippen LogP contribution in [0.3, 0.4) is 0 Å². The van der Waals surface area contributed by atoms with E-state index in [1.54, 1.807) is 6.07 Å². The SMILES string of the molecule is COc1ccncc1N1CC(S(=O)(=O)Cl)CC1=O. The van der Waals surface area contributed by atoms with E-state index in [1.807, 2.05) is 0 Å². The number of aromatic nitrogens is 1. The van der Waals surface area contributed by atoms with E-state index in [1.165, 1.54) is 24.4 Å². The summed E-state index contributed by atoms with van der Waals surface area (Å²) in [6.45, 7) is 0.0206. The molecule has 0 radical (unpaired) electrons. The molecule has 18 heavy (non-hydrogen) atoms. The second kappa shape index (κ2) is 4.74. The average molecular weight is 291 g/mol. The number of hydrogen-bond acceptors (Lipinski definition) is 5. The van der Waals surface area contributed by atoms with Gasteiger partial charge in [0.2, 0.25) is 15.0 Å². The van der Waals surface area contributed by atoms with Crippen LogP contribution in [0.2, 0.25) is 0 Å². The zero-order valence-electron chi connectivity index (χ0n) is 9.54. The summed E-state index contributed by atoms with van der Waals surface area (Å²) in [7, 11) is 3.00. The predicted molar refractivity (Wildman–Crippen MR) is 66.3 cm³/mol. The maximum absolute atomic E-state index is 11.8. The van der Waals surface area contributed by atoms with Gasteiger partial charge < -0.3 is 9.64 Å². The van der Waals surface area contributed by atoms with Crippen molar-refractivity contribution in [1.29, 1.82) is 0 Å². The summed E-state index contributed by atoms with van der Waals surface area (Å²) >= 11 is 0. The van der Waals surface area contributed by atoms with Crippen LogP contribution in [0.4, 0.5) is 5.69 Å². The van der Waals surface area contributed by atoms with Gasteiger partial charge in [-0.05, 0) is 0 Å². The van der Waals surface area contributed by atoms with E-state index in [0.29, 0.717) is 11.4 Å². The average Bonchev–Trinajstić information content (AvgIpc) is 2.71. The third-order valence-electron chi connectivity index (χ3n) is 2.76. The first kappa shape index (κ1) is 13.1. The number of rotatable bonds is 3. The number of hydrogen-bond donors (Lipinski definition) is 0. The normalized spacial score (nSPS) is 20.2. The molecule has 6 nitrogen and oxygen atoms in total. The molecule has 8 heteroatoms. The number of ether oxygens (including phenoxy) is 1. The second-order valence-corrected chi connectivity index (χ2v) is 6.76. The quantitative estimate of drug-likeness (QED) is 0.768. The zero-order valence-corrected chi connectivity index (χ0v) is 11.1. The van der Waals surface area contributed by atoms with Gasteiger partial charge in [0, 0.05) is 35.9 Å². The van der Waals surface area contributed by atoms with E-state index in [2.05, 4.69) is 4.98 Å². The van der Waals surface area contributed by atoms with Crippen molar-refractivity contribution < 1.29 is 17.9 Å². The Morgan fingerprint density at radius 3 is 2.83 bits per heavy atom. The highest BCUT2D eigenvalue weighted by Crippen LogP contribution is 2.32. The number of nitrogens with zero attached hydrogens (tertiary/aromatic N) is 2. The number of methoxy groups -OCH3 is 1. The first-order chi connectivity index (χ1) is 8.43. The lowest BCUT2D eigenvalue weighted by Crippen LogP contribution is -2.27. The summed E-state index contributed by atoms with van der Waals surface area (Å²) < 4.78 is 27.6. The minimum Gasteiger partial charge on any atom is -0.494 e. The van der Waals surface area contributed by atoms with Crippen LogP contribution in [-0.4, -0.2) is 38.2 Å². The topological polar surface area (TPSA) is 76.6 Å². The molecular weight excluding hydrogens is 280 g/mol. The van der Waals surface area contributed by atoms with Crippen molar-refractivity contribution in [3.63, 3.8) is 0 Å². The molecule has 1 aromatic rings. The largest absolute Gasteiger partial charge is 0.494 e. The highest BCUT2D eigenvalue weighted by molar-refractivity contribution is 8.14. The smallest absolute Gasteiger partial charge is 0.237 e. The summed E-state index contributed by atoms with van der Waals surface area (Å²) in [6, 6.07) is 1.60. The minimum absolute atomic E-state index is 0.0206. The van der Waals surface area contributed by atoms with E-state index in [4.69, 9.17) is 15.4 Å². The van der Waals surface area contributed by atoms with Crippen LogP contribution in [0, 0.1) is 0 Å². The predicted octanol–water partition coefficient (Wildman–Crippen LogP) is 0.764. The lowest BCUT2D eigenvalue weighted by Gasteiger charge is -2.18. The van der Waals surface area contributed by atoms with Crippen LogP contribution < -0.4 is 9.64 Å². The standard InChI is InChI=1S/C10H11ClN2O4S/c1-17-9-2-3-12-5-8(9)13-6-7(4-10(13)14)18(11,15)16/h2-3,5,7H,4,6H2,1H3. The van der Waals surface area contributed by atoms with Crippen LogP contribution in [0.25, 0.3) is 0 Å². The summed E-state index contributed by atoms with van der Waals surface area (Å²) in [5, 5.41) is -0.892. The molecular formula is C10H11ClN2O4S. The van der Waals surface area contributed by atoms with Crippen LogP contribution in [0.5, 0.6) is 5.75 Å². The first-order valence-corrected chi connectivity index (χ1v) is 7.52. The van der Waals surface area contributed by atoms with Crippen LogP contribution in [0.1, 0.15) is 6.42 Å². The zero-order chi connectivity index (χ0) is 13.3. The van der Waals surface area contributed by atoms with Crippen molar-refractivity contribution in [3.8, 4) is 5.75 Å². The fourth-order valence-corrected chi connectivity index (χ4v) is 2.87. The maximum Gasteiger partial charge on any atom is 0.237 e. The molecule has 2 heterocycles. The molecule has 2 rings (SSSR count). The first-order valence-electron chi connectivity index (χ1n) is 5.15. The Labute approximate surface area is 109 Å². The number of pyridine rings is 1. The molecule has 0 bridgehead atoms. The Kier molecular flexibility index (Phi) is 3.45. The summed E-state index contributed by atoms with van der Waals surface area (Å²) in [4.78, 5) is 17.1. The van der Waals surface area contributed by atoms with Gasteiger partial charge in [0.15, 0.2) is 0 Å². The van der Waals surface area contributed by atoms with E-state index >= 15 is 0 Å². The third kappa shape index (κ3) is 2.41. The summed E-state index contributed by atoms with van der Waals surface area (Å²) in [5.41, 5.74) is 0.452. The Balaban J connectivity index is 2.33. The van der Waals surface area contributed by atoms with Crippen LogP contribution in [0.15, 0.2) is 18.5 Å². The molecule has 1 aliphatic heterocycles. The van der Waals surface area contributed by atoms with Crippen molar-refractivity contribution in [2.75, 3.05) is 18.6 Å². The van der Waals surface area contributed by atoms with E-state index in [-0.39, 0.29) is 18.9 Å². The Morgan fingerprint density at radius 1 is 1.56 bits per heavy atom. The summed E-state index contributed by atoms with van der Waals surface area (Å²) in [6.07, 6.45) is 2.86. The van der Waals surface area contributed by atoms with Gasteiger partial charge in [-0.2, -0.15) is 0 Å². The lowest BCUT2D eigenvalue weighted by atomic mass is 10.3. The molecule has 1 fully saturated rings.